The lowest BCUT2D eigenvalue weighted by Crippen LogP contribution is -2.61. The fourth-order valence-corrected chi connectivity index (χ4v) is 12.0. The molecule has 2 fully saturated rings. The predicted octanol–water partition coefficient (Wildman–Crippen LogP) is 7.50. The number of nitrogen functional groups attached to an aromatic ring is 1. The molecule has 2 aliphatic rings. The molecule has 0 aliphatic carbocycles. The molecular weight excluding hydrogens is 1320 g/mol. The van der Waals surface area contributed by atoms with Crippen LogP contribution in [-0.4, -0.2) is 210 Å². The number of nitrogens with zero attached hydrogens (tertiary/aromatic N) is 6. The van der Waals surface area contributed by atoms with E-state index in [9.17, 15) is 62.6 Å². The lowest BCUT2D eigenvalue weighted by atomic mass is 9.96. The Balaban J connectivity index is 0.000000382. The van der Waals surface area contributed by atoms with E-state index in [-0.39, 0.29) is 66.4 Å². The van der Waals surface area contributed by atoms with Crippen molar-refractivity contribution < 1.29 is 72.1 Å². The molecule has 6 rings (SSSR count). The lowest BCUT2D eigenvalue weighted by molar-refractivity contribution is -0.154. The molecule has 27 nitrogen and oxygen atoms in total. The van der Waals surface area contributed by atoms with Crippen molar-refractivity contribution in [1.29, 1.82) is 0 Å². The van der Waals surface area contributed by atoms with Gasteiger partial charge in [0.05, 0.1) is 16.8 Å². The van der Waals surface area contributed by atoms with E-state index in [0.717, 1.165) is 11.1 Å². The van der Waals surface area contributed by atoms with Gasteiger partial charge in [-0.2, -0.15) is 0 Å². The first kappa shape index (κ1) is 85.3. The molecule has 0 radical (unpaired) electrons. The van der Waals surface area contributed by atoms with Crippen LogP contribution in [0.15, 0.2) is 109 Å². The first-order valence-corrected chi connectivity index (χ1v) is 35.0. The van der Waals surface area contributed by atoms with Gasteiger partial charge in [-0.3, -0.25) is 43.2 Å². The summed E-state index contributed by atoms with van der Waals surface area (Å²) in [6.45, 7) is 22.1. The van der Waals surface area contributed by atoms with E-state index in [1.165, 1.54) is 43.5 Å². The summed E-state index contributed by atoms with van der Waals surface area (Å²) in [5.74, 6) is -6.64. The second-order valence-electron chi connectivity index (χ2n) is 28.3. The summed E-state index contributed by atoms with van der Waals surface area (Å²) in [5.41, 5.74) is 8.97. The Bertz CT molecular complexity index is 3530. The number of aliphatic carboxylic acids is 1. The minimum absolute atomic E-state index is 0.0323. The van der Waals surface area contributed by atoms with Crippen LogP contribution in [0.2, 0.25) is 0 Å². The van der Waals surface area contributed by atoms with E-state index in [0.29, 0.717) is 61.3 Å². The molecule has 8 atom stereocenters. The molecule has 2 heterocycles. The molecule has 4 aromatic rings. The van der Waals surface area contributed by atoms with Gasteiger partial charge in [0.1, 0.15) is 61.5 Å². The van der Waals surface area contributed by atoms with Crippen LogP contribution in [0, 0.1) is 35.5 Å². The summed E-state index contributed by atoms with van der Waals surface area (Å²) in [4.78, 5) is 165. The summed E-state index contributed by atoms with van der Waals surface area (Å²) >= 11 is 0. The number of likely N-dealkylation sites (tertiary alicyclic amines) is 2. The largest absolute Gasteiger partial charge is 0.480 e. The molecular formula is C76H110N12O15. The molecule has 0 aromatic heterocycles. The normalized spacial score (nSPS) is 15.7. The first-order chi connectivity index (χ1) is 48.4. The van der Waals surface area contributed by atoms with Crippen LogP contribution in [0.5, 0.6) is 0 Å². The number of amides is 11. The van der Waals surface area contributed by atoms with Crippen molar-refractivity contribution in [3.63, 3.8) is 0 Å². The number of rotatable bonds is 27. The maximum Gasteiger partial charge on any atom is 0.408 e. The lowest BCUT2D eigenvalue weighted by Gasteiger charge is -2.37. The van der Waals surface area contributed by atoms with Gasteiger partial charge in [-0.1, -0.05) is 168 Å². The monoisotopic (exact) mass is 1430 g/mol. The van der Waals surface area contributed by atoms with Gasteiger partial charge in [0.2, 0.25) is 41.4 Å². The summed E-state index contributed by atoms with van der Waals surface area (Å²) < 4.78 is 10.6. The van der Waals surface area contributed by atoms with Gasteiger partial charge >= 0.3 is 18.2 Å². The highest BCUT2D eigenvalue weighted by Gasteiger charge is 2.45. The second kappa shape index (κ2) is 40.5. The molecule has 0 bridgehead atoms. The van der Waals surface area contributed by atoms with E-state index >= 15 is 0 Å². The number of nitrogens with one attached hydrogen (secondary N) is 5. The number of carbonyl (C=O) groups excluding carboxylic acids is 11. The van der Waals surface area contributed by atoms with E-state index in [1.54, 1.807) is 140 Å². The third-order valence-electron chi connectivity index (χ3n) is 17.7. The van der Waals surface area contributed by atoms with Crippen molar-refractivity contribution >= 4 is 82.7 Å². The number of alkyl carbamates (subject to hydrolysis) is 2. The number of carbonyl (C=O) groups is 12. The molecule has 4 aromatic carbocycles. The molecule has 8 N–H and O–H groups in total. The van der Waals surface area contributed by atoms with Crippen molar-refractivity contribution in [1.82, 2.24) is 50.7 Å². The molecule has 2 unspecified atom stereocenters. The Morgan fingerprint density at radius 3 is 1.17 bits per heavy atom. The van der Waals surface area contributed by atoms with Crippen LogP contribution in [0.25, 0.3) is 0 Å². The summed E-state index contributed by atoms with van der Waals surface area (Å²) in [7, 11) is 9.68. The SMILES string of the molecule is CC(C)C(NC(=O)[C@@H](NC(=O)OCc1ccccc1)C(C)C)C(=O)N(C)[C@H](C(=O)N1CCC[C@H]1C(=O)Nc1ccccc1C(=O)N(C)C)C(C)C.CC(C)C(NC(=O)[C@@H](NC(=O)OCc1ccccc1)C(C)C)C(=O)N(C)[C@H](C(=O)N1CCC[C@H]1C(=O)O)C(C)C.CN(C)C(=O)c1ccccc1N. The molecule has 2 aliphatic heterocycles. The number of para-hydroxylation sites is 2. The van der Waals surface area contributed by atoms with Crippen molar-refractivity contribution in [2.24, 2.45) is 35.5 Å². The van der Waals surface area contributed by atoms with E-state index in [2.05, 4.69) is 26.6 Å². The number of carboxylic acid groups (broad SMARTS) is 1. The minimum atomic E-state index is -1.07. The van der Waals surface area contributed by atoms with Gasteiger partial charge in [0.15, 0.2) is 0 Å². The van der Waals surface area contributed by atoms with E-state index in [1.807, 2.05) is 80.6 Å². The number of hydrogen-bond donors (Lipinski definition) is 7. The molecule has 0 spiro atoms. The molecule has 0 saturated carbocycles. The van der Waals surface area contributed by atoms with Gasteiger partial charge in [0, 0.05) is 61.1 Å². The number of anilines is 2. The summed E-state index contributed by atoms with van der Waals surface area (Å²) in [6.07, 6.45) is 0.434. The average Bonchev–Trinajstić information content (AvgIpc) is 1.78. The van der Waals surface area contributed by atoms with Crippen LogP contribution in [0.1, 0.15) is 141 Å². The van der Waals surface area contributed by atoms with Gasteiger partial charge in [-0.15, -0.1) is 0 Å². The van der Waals surface area contributed by atoms with Crippen LogP contribution >= 0.6 is 0 Å². The maximum atomic E-state index is 14.2. The van der Waals surface area contributed by atoms with Crippen LogP contribution in [-0.2, 0) is 61.0 Å². The molecule has 103 heavy (non-hydrogen) atoms. The topological polar surface area (TPSA) is 349 Å². The van der Waals surface area contributed by atoms with Crippen molar-refractivity contribution in [3.8, 4) is 0 Å². The standard InChI is InChI=1S/C38H54N6O7.C29H44N4O7.C9H12N2O/c1-23(2)30(41-38(50)51-22-26-16-11-10-12-17-26)34(46)40-31(24(3)4)36(48)43(9)32(25(5)6)37(49)44-21-15-20-29(44)33(45)39-28-19-14-13-18-27(28)35(47)42(7)8;1-17(2)22(31-29(39)40-16-20-12-9-8-10-13-20)25(34)30-23(18(3)4)26(35)32(7)24(19(5)6)27(36)33-15-11-14-21(33)28(37)38;1-11(2)9(12)7-5-3-4-6-8(7)10/h10-14,16-19,23-25,29-32H,15,20-22H2,1-9H3,(H,39,45)(H,40,46)(H,41,50);8-10,12-13,17-19,21-24H,11,14-16H2,1-7H3,(H,30,34)(H,31,39)(H,37,38);3-6H,10H2,1-2H3/t29-,30-,31?,32-;21-,22-,23?,24-;/m00./s1. The van der Waals surface area contributed by atoms with Crippen LogP contribution in [0.4, 0.5) is 21.0 Å². The zero-order chi connectivity index (χ0) is 77.3. The maximum absolute atomic E-state index is 14.2. The molecule has 27 heteroatoms. The summed E-state index contributed by atoms with van der Waals surface area (Å²) in [5, 5.41) is 23.2. The first-order valence-electron chi connectivity index (χ1n) is 35.0. The smallest absolute Gasteiger partial charge is 0.408 e. The van der Waals surface area contributed by atoms with Gasteiger partial charge in [0.25, 0.3) is 11.8 Å². The van der Waals surface area contributed by atoms with Crippen molar-refractivity contribution in [3.05, 3.63) is 131 Å². The van der Waals surface area contributed by atoms with E-state index < -0.39 is 102 Å². The number of ether oxygens (including phenoxy) is 2. The third-order valence-corrected chi connectivity index (χ3v) is 17.7. The zero-order valence-electron chi connectivity index (χ0n) is 63.1. The Kier molecular flexibility index (Phi) is 33.6. The zero-order valence-corrected chi connectivity index (χ0v) is 63.1. The third kappa shape index (κ3) is 24.6. The van der Waals surface area contributed by atoms with Crippen LogP contribution in [0.3, 0.4) is 0 Å². The van der Waals surface area contributed by atoms with Crippen molar-refractivity contribution in [2.45, 2.75) is 170 Å². The summed E-state index contributed by atoms with van der Waals surface area (Å²) in [6, 6.07) is 24.5. The molecule has 564 valence electrons. The molecule has 2 saturated heterocycles. The highest BCUT2D eigenvalue weighted by Crippen LogP contribution is 2.28. The van der Waals surface area contributed by atoms with Gasteiger partial charge < -0.3 is 76.3 Å². The fourth-order valence-electron chi connectivity index (χ4n) is 12.0. The Labute approximate surface area is 606 Å². The van der Waals surface area contributed by atoms with Gasteiger partial charge in [-0.05, 0) is 96.6 Å². The van der Waals surface area contributed by atoms with Crippen molar-refractivity contribution in [2.75, 3.05) is 66.4 Å². The number of hydrogen-bond acceptors (Lipinski definition) is 15. The second-order valence-corrected chi connectivity index (χ2v) is 28.3. The fraction of sp³-hybridized carbons (Fsp3) is 0.526. The number of likely N-dealkylation sites (N-methyl/N-ethyl adjacent to an activating group) is 2. The number of nitrogens with two attached hydrogens (primary N) is 1. The Morgan fingerprint density at radius 1 is 0.456 bits per heavy atom. The molecule has 11 amide bonds. The van der Waals surface area contributed by atoms with Gasteiger partial charge in [-0.25, -0.2) is 14.4 Å². The predicted molar refractivity (Wildman–Crippen MR) is 392 cm³/mol. The average molecular weight is 1430 g/mol. The van der Waals surface area contributed by atoms with E-state index in [4.69, 9.17) is 15.2 Å². The van der Waals surface area contributed by atoms with Crippen LogP contribution < -0.4 is 32.3 Å². The highest BCUT2D eigenvalue weighted by molar-refractivity contribution is 6.06. The number of benzene rings is 4. The minimum Gasteiger partial charge on any atom is -0.480 e. The quantitative estimate of drug-likeness (QED) is 0.0284. The highest BCUT2D eigenvalue weighted by atomic mass is 16.6. The number of carboxylic acids is 1. The Hall–Kier alpha value is -10.1. The Morgan fingerprint density at radius 2 is 0.806 bits per heavy atom.